The molecule has 6 heteroatoms. The summed E-state index contributed by atoms with van der Waals surface area (Å²) >= 11 is 1.26. The fourth-order valence-electron chi connectivity index (χ4n) is 2.09. The maximum atomic E-state index is 13.0. The highest BCUT2D eigenvalue weighted by atomic mass is 32.1. The van der Waals surface area contributed by atoms with Crippen molar-refractivity contribution < 1.29 is 13.2 Å². The minimum Gasteiger partial charge on any atom is -0.375 e. The largest absolute Gasteiger partial charge is 0.417 e. The number of aromatic nitrogens is 1. The Balaban J connectivity index is 2.20. The van der Waals surface area contributed by atoms with Crippen molar-refractivity contribution in [3.05, 3.63) is 48.0 Å². The van der Waals surface area contributed by atoms with Gasteiger partial charge in [-0.1, -0.05) is 35.6 Å². The lowest BCUT2D eigenvalue weighted by atomic mass is 9.99. The number of rotatable bonds is 1. The molecule has 0 amide bonds. The summed E-state index contributed by atoms with van der Waals surface area (Å²) in [5.74, 6) is 0. The Morgan fingerprint density at radius 2 is 1.80 bits per heavy atom. The molecule has 0 saturated heterocycles. The maximum absolute atomic E-state index is 13.0. The molecule has 0 atom stereocenters. The highest BCUT2D eigenvalue weighted by Gasteiger charge is 2.33. The van der Waals surface area contributed by atoms with Crippen LogP contribution in [0.25, 0.3) is 21.3 Å². The molecule has 2 nitrogen and oxygen atoms in total. The molecule has 2 N–H and O–H groups in total. The summed E-state index contributed by atoms with van der Waals surface area (Å²) in [6.45, 7) is 0. The second kappa shape index (κ2) is 4.49. The van der Waals surface area contributed by atoms with Crippen molar-refractivity contribution in [2.75, 3.05) is 5.73 Å². The Morgan fingerprint density at radius 3 is 2.55 bits per heavy atom. The van der Waals surface area contributed by atoms with Gasteiger partial charge in [0, 0.05) is 0 Å². The van der Waals surface area contributed by atoms with Gasteiger partial charge in [-0.05, 0) is 29.3 Å². The van der Waals surface area contributed by atoms with Crippen molar-refractivity contribution in [3.8, 4) is 11.1 Å². The summed E-state index contributed by atoms with van der Waals surface area (Å²) in [5, 5.41) is 0.404. The summed E-state index contributed by atoms with van der Waals surface area (Å²) in [5.41, 5.74) is 6.33. The van der Waals surface area contributed by atoms with Crippen LogP contribution in [0.4, 0.5) is 18.3 Å². The van der Waals surface area contributed by atoms with Gasteiger partial charge in [0.05, 0.1) is 15.8 Å². The molecular formula is C14H9F3N2S. The van der Waals surface area contributed by atoms with Crippen LogP contribution in [0.3, 0.4) is 0 Å². The number of halogens is 3. The molecule has 0 bridgehead atoms. The summed E-state index contributed by atoms with van der Waals surface area (Å²) < 4.78 is 39.8. The van der Waals surface area contributed by atoms with Crippen LogP contribution in [0.5, 0.6) is 0 Å². The Labute approximate surface area is 116 Å². The molecule has 1 aromatic heterocycles. The molecule has 0 radical (unpaired) electrons. The number of nitrogen functional groups attached to an aromatic ring is 1. The molecular weight excluding hydrogens is 285 g/mol. The summed E-state index contributed by atoms with van der Waals surface area (Å²) in [6, 6.07) is 10.5. The van der Waals surface area contributed by atoms with E-state index in [-0.39, 0.29) is 5.56 Å². The molecule has 0 aliphatic heterocycles. The minimum atomic E-state index is -4.38. The first kappa shape index (κ1) is 12.9. The molecule has 0 spiro atoms. The first-order valence-corrected chi connectivity index (χ1v) is 6.59. The van der Waals surface area contributed by atoms with Gasteiger partial charge < -0.3 is 5.73 Å². The van der Waals surface area contributed by atoms with Crippen LogP contribution in [0.15, 0.2) is 42.5 Å². The van der Waals surface area contributed by atoms with Crippen molar-refractivity contribution in [2.24, 2.45) is 0 Å². The lowest BCUT2D eigenvalue weighted by molar-refractivity contribution is -0.137. The number of benzene rings is 2. The van der Waals surface area contributed by atoms with Gasteiger partial charge in [0.2, 0.25) is 0 Å². The number of nitrogens with two attached hydrogens (primary N) is 1. The monoisotopic (exact) mass is 294 g/mol. The van der Waals surface area contributed by atoms with E-state index in [0.717, 1.165) is 10.8 Å². The molecule has 20 heavy (non-hydrogen) atoms. The van der Waals surface area contributed by atoms with E-state index >= 15 is 0 Å². The Kier molecular flexibility index (Phi) is 2.90. The average Bonchev–Trinajstić information content (AvgIpc) is 2.76. The molecule has 0 saturated carbocycles. The number of anilines is 1. The first-order chi connectivity index (χ1) is 9.45. The zero-order valence-corrected chi connectivity index (χ0v) is 10.9. The molecule has 2 aromatic carbocycles. The molecule has 0 unspecified atom stereocenters. The minimum absolute atomic E-state index is 0.161. The number of hydrogen-bond acceptors (Lipinski definition) is 3. The van der Waals surface area contributed by atoms with Gasteiger partial charge in [-0.25, -0.2) is 4.98 Å². The third-order valence-electron chi connectivity index (χ3n) is 2.95. The zero-order valence-electron chi connectivity index (χ0n) is 10.1. The van der Waals surface area contributed by atoms with Crippen LogP contribution in [0, 0.1) is 0 Å². The molecule has 0 fully saturated rings. The van der Waals surface area contributed by atoms with Crippen LogP contribution in [0.1, 0.15) is 5.56 Å². The molecule has 1 heterocycles. The summed E-state index contributed by atoms with van der Waals surface area (Å²) in [7, 11) is 0. The average molecular weight is 294 g/mol. The molecule has 3 rings (SSSR count). The highest BCUT2D eigenvalue weighted by molar-refractivity contribution is 7.22. The molecule has 0 aliphatic carbocycles. The van der Waals surface area contributed by atoms with Crippen LogP contribution < -0.4 is 5.73 Å². The van der Waals surface area contributed by atoms with Gasteiger partial charge in [0.15, 0.2) is 5.13 Å². The smallest absolute Gasteiger partial charge is 0.375 e. The van der Waals surface area contributed by atoms with Gasteiger partial charge >= 0.3 is 6.18 Å². The number of nitrogens with zero attached hydrogens (tertiary/aromatic N) is 1. The topological polar surface area (TPSA) is 38.9 Å². The van der Waals surface area contributed by atoms with E-state index in [1.807, 2.05) is 0 Å². The van der Waals surface area contributed by atoms with Crippen molar-refractivity contribution in [2.45, 2.75) is 6.18 Å². The van der Waals surface area contributed by atoms with E-state index in [0.29, 0.717) is 16.2 Å². The summed E-state index contributed by atoms with van der Waals surface area (Å²) in [6.07, 6.45) is -4.38. The van der Waals surface area contributed by atoms with E-state index in [2.05, 4.69) is 4.98 Å². The normalized spacial score (nSPS) is 11.9. The number of thiazole rings is 1. The van der Waals surface area contributed by atoms with Gasteiger partial charge in [0.1, 0.15) is 0 Å². The van der Waals surface area contributed by atoms with E-state index in [4.69, 9.17) is 5.73 Å². The fourth-order valence-corrected chi connectivity index (χ4v) is 2.87. The third kappa shape index (κ3) is 2.22. The second-order valence-corrected chi connectivity index (χ2v) is 5.34. The van der Waals surface area contributed by atoms with Crippen molar-refractivity contribution >= 4 is 26.7 Å². The van der Waals surface area contributed by atoms with Crippen LogP contribution in [-0.2, 0) is 6.18 Å². The van der Waals surface area contributed by atoms with Crippen molar-refractivity contribution in [3.63, 3.8) is 0 Å². The quantitative estimate of drug-likeness (QED) is 0.714. The summed E-state index contributed by atoms with van der Waals surface area (Å²) in [4.78, 5) is 4.09. The second-order valence-electron chi connectivity index (χ2n) is 4.28. The van der Waals surface area contributed by atoms with Crippen molar-refractivity contribution in [1.29, 1.82) is 0 Å². The maximum Gasteiger partial charge on any atom is 0.417 e. The lowest BCUT2D eigenvalue weighted by Gasteiger charge is -2.12. The lowest BCUT2D eigenvalue weighted by Crippen LogP contribution is -2.06. The van der Waals surface area contributed by atoms with Gasteiger partial charge in [-0.2, -0.15) is 13.2 Å². The SMILES string of the molecule is Nc1nc2ccc(-c3ccccc3C(F)(F)F)cc2s1. The van der Waals surface area contributed by atoms with Gasteiger partial charge in [-0.15, -0.1) is 0 Å². The molecule has 3 aromatic rings. The fraction of sp³-hybridized carbons (Fsp3) is 0.0714. The van der Waals surface area contributed by atoms with Crippen LogP contribution in [0.2, 0.25) is 0 Å². The highest BCUT2D eigenvalue weighted by Crippen LogP contribution is 2.38. The predicted molar refractivity (Wildman–Crippen MR) is 74.5 cm³/mol. The number of hydrogen-bond donors (Lipinski definition) is 1. The van der Waals surface area contributed by atoms with E-state index in [1.54, 1.807) is 24.3 Å². The Bertz CT molecular complexity index is 777. The number of fused-ring (bicyclic) bond motifs is 1. The molecule has 102 valence electrons. The van der Waals surface area contributed by atoms with Crippen molar-refractivity contribution in [1.82, 2.24) is 4.98 Å². The van der Waals surface area contributed by atoms with E-state index < -0.39 is 11.7 Å². The predicted octanol–water partition coefficient (Wildman–Crippen LogP) is 4.56. The number of alkyl halides is 3. The first-order valence-electron chi connectivity index (χ1n) is 5.78. The standard InChI is InChI=1S/C14H9F3N2S/c15-14(16,17)10-4-2-1-3-9(10)8-5-6-11-12(7-8)20-13(18)19-11/h1-7H,(H2,18,19). The van der Waals surface area contributed by atoms with Gasteiger partial charge in [-0.3, -0.25) is 0 Å². The van der Waals surface area contributed by atoms with Crippen LogP contribution >= 0.6 is 11.3 Å². The Hall–Kier alpha value is -2.08. The van der Waals surface area contributed by atoms with E-state index in [1.165, 1.54) is 23.5 Å². The van der Waals surface area contributed by atoms with Crippen LogP contribution in [-0.4, -0.2) is 4.98 Å². The Morgan fingerprint density at radius 1 is 1.05 bits per heavy atom. The molecule has 0 aliphatic rings. The zero-order chi connectivity index (χ0) is 14.3. The third-order valence-corrected chi connectivity index (χ3v) is 3.80. The van der Waals surface area contributed by atoms with Gasteiger partial charge in [0.25, 0.3) is 0 Å². The van der Waals surface area contributed by atoms with E-state index in [9.17, 15) is 13.2 Å².